The van der Waals surface area contributed by atoms with Gasteiger partial charge in [0.1, 0.15) is 11.4 Å². The van der Waals surface area contributed by atoms with E-state index in [9.17, 15) is 14.7 Å². The van der Waals surface area contributed by atoms with Crippen molar-refractivity contribution in [1.82, 2.24) is 5.32 Å². The predicted molar refractivity (Wildman–Crippen MR) is 141 cm³/mol. The highest BCUT2D eigenvalue weighted by Crippen LogP contribution is 2.31. The zero-order valence-corrected chi connectivity index (χ0v) is 20.6. The second-order valence-corrected chi connectivity index (χ2v) is 7.99. The molecule has 0 aliphatic rings. The van der Waals surface area contributed by atoms with Crippen LogP contribution in [0, 0.1) is 0 Å². The molecule has 3 unspecified atom stereocenters. The normalized spacial score (nSPS) is 14.3. The fourth-order valence-electron chi connectivity index (χ4n) is 3.87. The molecule has 7 heteroatoms. The van der Waals surface area contributed by atoms with Crippen molar-refractivity contribution in [3.05, 3.63) is 108 Å². The maximum atomic E-state index is 13.2. The van der Waals surface area contributed by atoms with Gasteiger partial charge in [-0.15, -0.1) is 12.4 Å². The molecule has 4 N–H and O–H groups in total. The zero-order chi connectivity index (χ0) is 24.6. The highest BCUT2D eigenvalue weighted by atomic mass is 35.5. The predicted octanol–water partition coefficient (Wildman–Crippen LogP) is 4.12. The van der Waals surface area contributed by atoms with E-state index in [-0.39, 0.29) is 24.6 Å². The van der Waals surface area contributed by atoms with Gasteiger partial charge in [0, 0.05) is 11.6 Å². The first-order chi connectivity index (χ1) is 16.4. The van der Waals surface area contributed by atoms with E-state index in [4.69, 9.17) is 10.5 Å². The monoisotopic (exact) mass is 494 g/mol. The van der Waals surface area contributed by atoms with Gasteiger partial charge in [-0.05, 0) is 35.8 Å². The van der Waals surface area contributed by atoms with E-state index in [1.165, 1.54) is 6.08 Å². The van der Waals surface area contributed by atoms with Crippen LogP contribution in [0.25, 0.3) is 6.08 Å². The van der Waals surface area contributed by atoms with Gasteiger partial charge >= 0.3 is 0 Å². The summed E-state index contributed by atoms with van der Waals surface area (Å²) in [5.41, 5.74) is 6.63. The quantitative estimate of drug-likeness (QED) is 0.290. The van der Waals surface area contributed by atoms with E-state index in [0.717, 1.165) is 5.56 Å². The second kappa shape index (κ2) is 12.9. The van der Waals surface area contributed by atoms with E-state index >= 15 is 0 Å². The van der Waals surface area contributed by atoms with Gasteiger partial charge < -0.3 is 20.9 Å². The van der Waals surface area contributed by atoms with Crippen LogP contribution < -0.4 is 15.8 Å². The lowest BCUT2D eigenvalue weighted by atomic mass is 9.78. The lowest BCUT2D eigenvalue weighted by Gasteiger charge is -2.39. The average Bonchev–Trinajstić information content (AvgIpc) is 2.90. The van der Waals surface area contributed by atoms with Crippen LogP contribution >= 0.6 is 12.4 Å². The van der Waals surface area contributed by atoms with Gasteiger partial charge in [0.15, 0.2) is 5.78 Å². The zero-order valence-electron chi connectivity index (χ0n) is 19.8. The molecule has 0 radical (unpaired) electrons. The Morgan fingerprint density at radius 1 is 1.00 bits per heavy atom. The minimum atomic E-state index is -1.56. The number of nitrogens with one attached hydrogen (secondary N) is 1. The highest BCUT2D eigenvalue weighted by Gasteiger charge is 2.43. The van der Waals surface area contributed by atoms with Crippen molar-refractivity contribution in [2.45, 2.75) is 31.0 Å². The molecule has 0 saturated heterocycles. The average molecular weight is 495 g/mol. The number of rotatable bonds is 10. The molecule has 0 aliphatic carbocycles. The number of ether oxygens (including phenoxy) is 1. The first kappa shape index (κ1) is 27.8. The summed E-state index contributed by atoms with van der Waals surface area (Å²) in [5, 5.41) is 14.5. The fourth-order valence-corrected chi connectivity index (χ4v) is 3.87. The van der Waals surface area contributed by atoms with Gasteiger partial charge in [-0.2, -0.15) is 0 Å². The largest absolute Gasteiger partial charge is 0.497 e. The molecule has 0 heterocycles. The third-order valence-electron chi connectivity index (χ3n) is 5.89. The number of hydrogen-bond donors (Lipinski definition) is 3. The van der Waals surface area contributed by atoms with E-state index in [1.807, 2.05) is 18.2 Å². The van der Waals surface area contributed by atoms with Gasteiger partial charge in [0.2, 0.25) is 5.91 Å². The lowest BCUT2D eigenvalue weighted by molar-refractivity contribution is -0.120. The van der Waals surface area contributed by atoms with E-state index in [1.54, 1.807) is 86.8 Å². The minimum Gasteiger partial charge on any atom is -0.497 e. The Kier molecular flexibility index (Phi) is 10.2. The summed E-state index contributed by atoms with van der Waals surface area (Å²) >= 11 is 0. The molecule has 1 amide bonds. The maximum absolute atomic E-state index is 13.2. The summed E-state index contributed by atoms with van der Waals surface area (Å²) in [6.45, 7) is 1.79. The first-order valence-corrected chi connectivity index (χ1v) is 11.1. The van der Waals surface area contributed by atoms with E-state index < -0.39 is 23.6 Å². The number of carbonyl (C=O) groups excluding carboxylic acids is 2. The van der Waals surface area contributed by atoms with Gasteiger partial charge in [0.25, 0.3) is 0 Å². The molecule has 0 fully saturated rings. The molecule has 6 nitrogen and oxygen atoms in total. The van der Waals surface area contributed by atoms with Crippen LogP contribution in [0.2, 0.25) is 0 Å². The highest BCUT2D eigenvalue weighted by molar-refractivity contribution is 6.01. The van der Waals surface area contributed by atoms with E-state index in [0.29, 0.717) is 16.9 Å². The summed E-state index contributed by atoms with van der Waals surface area (Å²) in [4.78, 5) is 26.1. The van der Waals surface area contributed by atoms with Crippen molar-refractivity contribution in [2.75, 3.05) is 7.11 Å². The van der Waals surface area contributed by atoms with Gasteiger partial charge in [-0.3, -0.25) is 9.59 Å². The number of amides is 1. The molecular formula is C28H31ClN2O4. The molecule has 184 valence electrons. The number of ketones is 1. The molecule has 3 atom stereocenters. The Morgan fingerprint density at radius 2 is 1.57 bits per heavy atom. The van der Waals surface area contributed by atoms with Gasteiger partial charge in [-0.1, -0.05) is 79.7 Å². The third-order valence-corrected chi connectivity index (χ3v) is 5.89. The molecule has 3 aromatic carbocycles. The minimum absolute atomic E-state index is 0. The molecule has 3 aromatic rings. The van der Waals surface area contributed by atoms with E-state index in [2.05, 4.69) is 5.32 Å². The Morgan fingerprint density at radius 3 is 2.11 bits per heavy atom. The molecule has 0 spiro atoms. The van der Waals surface area contributed by atoms with Crippen molar-refractivity contribution in [2.24, 2.45) is 5.73 Å². The fraction of sp³-hybridized carbons (Fsp3) is 0.214. The van der Waals surface area contributed by atoms with Crippen molar-refractivity contribution in [1.29, 1.82) is 0 Å². The number of hydrogen-bond acceptors (Lipinski definition) is 5. The van der Waals surface area contributed by atoms with Crippen molar-refractivity contribution >= 4 is 30.2 Å². The van der Waals surface area contributed by atoms with Crippen LogP contribution in [-0.2, 0) is 10.4 Å². The van der Waals surface area contributed by atoms with Crippen molar-refractivity contribution < 1.29 is 19.4 Å². The Hall–Kier alpha value is -3.45. The van der Waals surface area contributed by atoms with Crippen molar-refractivity contribution in [3.63, 3.8) is 0 Å². The number of halogens is 1. The number of nitrogens with two attached hydrogens (primary N) is 1. The van der Waals surface area contributed by atoms with Crippen LogP contribution in [0.1, 0.15) is 34.8 Å². The lowest BCUT2D eigenvalue weighted by Crippen LogP contribution is -2.61. The Balaban J connectivity index is 0.00000432. The summed E-state index contributed by atoms with van der Waals surface area (Å²) in [6.07, 6.45) is 3.24. The Labute approximate surface area is 212 Å². The summed E-state index contributed by atoms with van der Waals surface area (Å²) in [5.74, 6) is -0.129. The maximum Gasteiger partial charge on any atom is 0.244 e. The van der Waals surface area contributed by atoms with Crippen LogP contribution in [0.4, 0.5) is 0 Å². The molecule has 0 bridgehead atoms. The van der Waals surface area contributed by atoms with Crippen molar-refractivity contribution in [3.8, 4) is 5.75 Å². The van der Waals surface area contributed by atoms with Crippen LogP contribution in [0.3, 0.4) is 0 Å². The molecular weight excluding hydrogens is 464 g/mol. The smallest absolute Gasteiger partial charge is 0.244 e. The first-order valence-electron chi connectivity index (χ1n) is 11.1. The van der Waals surface area contributed by atoms with Crippen LogP contribution in [0.15, 0.2) is 91.0 Å². The number of Topliss-reactive ketones (excluding diaryl/α,β-unsaturated/α-hetero) is 1. The van der Waals surface area contributed by atoms with Gasteiger partial charge in [-0.25, -0.2) is 0 Å². The van der Waals surface area contributed by atoms with Crippen LogP contribution in [-0.4, -0.2) is 36.0 Å². The topological polar surface area (TPSA) is 102 Å². The Bertz CT molecular complexity index is 1120. The molecule has 0 aromatic heterocycles. The summed E-state index contributed by atoms with van der Waals surface area (Å²) in [7, 11) is 1.58. The number of benzene rings is 3. The molecule has 35 heavy (non-hydrogen) atoms. The number of methoxy groups -OCH3 is 1. The summed E-state index contributed by atoms with van der Waals surface area (Å²) < 4.78 is 5.15. The molecule has 0 saturated carbocycles. The molecule has 3 rings (SSSR count). The number of aliphatic hydroxyl groups is 1. The van der Waals surface area contributed by atoms with Crippen LogP contribution in [0.5, 0.6) is 5.75 Å². The van der Waals surface area contributed by atoms with Gasteiger partial charge in [0.05, 0.1) is 19.2 Å². The third kappa shape index (κ3) is 6.79. The second-order valence-electron chi connectivity index (χ2n) is 7.99. The standard InChI is InChI=1S/C28H30N2O4.ClH/c1-3-28(33,22-12-8-5-9-13-22)27(25(29)26(32)21-10-6-4-7-11-21)30-24(31)19-16-20-14-17-23(34-2)18-15-20;/h4-19,25,27,33H,3,29H2,1-2H3,(H,30,31);1H. The SMILES string of the molecule is CCC(O)(c1ccccc1)C(NC(=O)C=Cc1ccc(OC)cc1)C(N)C(=O)c1ccccc1.Cl. The number of carbonyl (C=O) groups is 2. The summed E-state index contributed by atoms with van der Waals surface area (Å²) in [6, 6.07) is 22.5. The molecule has 0 aliphatic heterocycles.